The SMILES string of the molecule is CCCC(=S)C(C)C. The second kappa shape index (κ2) is 4.02. The molecule has 0 N–H and O–H groups in total. The molecule has 0 aromatic heterocycles. The van der Waals surface area contributed by atoms with E-state index in [2.05, 4.69) is 20.8 Å². The maximum absolute atomic E-state index is 5.08. The van der Waals surface area contributed by atoms with Crippen LogP contribution in [-0.4, -0.2) is 4.86 Å². The third-order valence-corrected chi connectivity index (χ3v) is 1.82. The Morgan fingerprint density at radius 1 is 1.50 bits per heavy atom. The smallest absolute Gasteiger partial charge is 0.00462 e. The molecular weight excluding hydrogens is 116 g/mol. The van der Waals surface area contributed by atoms with Gasteiger partial charge in [-0.25, -0.2) is 0 Å². The second-order valence-corrected chi connectivity index (χ2v) is 2.90. The van der Waals surface area contributed by atoms with Crippen molar-refractivity contribution in [1.29, 1.82) is 0 Å². The lowest BCUT2D eigenvalue weighted by Gasteiger charge is -2.02. The van der Waals surface area contributed by atoms with Crippen molar-refractivity contribution in [2.24, 2.45) is 5.92 Å². The Kier molecular flexibility index (Phi) is 4.06. The molecule has 0 fully saturated rings. The first kappa shape index (κ1) is 8.09. The molecular formula is C7H14S. The Morgan fingerprint density at radius 3 is 2.12 bits per heavy atom. The lowest BCUT2D eigenvalue weighted by molar-refractivity contribution is 0.849. The Labute approximate surface area is 57.3 Å². The minimum Gasteiger partial charge on any atom is -0.0894 e. The van der Waals surface area contributed by atoms with Crippen LogP contribution in [0.15, 0.2) is 0 Å². The van der Waals surface area contributed by atoms with Gasteiger partial charge < -0.3 is 0 Å². The molecule has 0 aromatic rings. The van der Waals surface area contributed by atoms with E-state index in [1.54, 1.807) is 0 Å². The molecule has 0 saturated carbocycles. The van der Waals surface area contributed by atoms with E-state index in [0.29, 0.717) is 5.92 Å². The molecule has 0 aliphatic rings. The highest BCUT2D eigenvalue weighted by atomic mass is 32.1. The van der Waals surface area contributed by atoms with E-state index in [1.165, 1.54) is 11.3 Å². The van der Waals surface area contributed by atoms with Gasteiger partial charge in [0.25, 0.3) is 0 Å². The molecule has 0 heterocycles. The van der Waals surface area contributed by atoms with Gasteiger partial charge in [-0.15, -0.1) is 0 Å². The van der Waals surface area contributed by atoms with Crippen molar-refractivity contribution < 1.29 is 0 Å². The molecule has 0 unspecified atom stereocenters. The molecule has 0 spiro atoms. The van der Waals surface area contributed by atoms with Crippen LogP contribution in [0.25, 0.3) is 0 Å². The van der Waals surface area contributed by atoms with Crippen LogP contribution in [0.4, 0.5) is 0 Å². The largest absolute Gasteiger partial charge is 0.0894 e. The first-order chi connectivity index (χ1) is 3.68. The van der Waals surface area contributed by atoms with Crippen molar-refractivity contribution in [3.63, 3.8) is 0 Å². The maximum Gasteiger partial charge on any atom is -0.00462 e. The summed E-state index contributed by atoms with van der Waals surface area (Å²) in [7, 11) is 0. The Morgan fingerprint density at radius 2 is 2.00 bits per heavy atom. The van der Waals surface area contributed by atoms with E-state index in [0.717, 1.165) is 6.42 Å². The maximum atomic E-state index is 5.08. The van der Waals surface area contributed by atoms with Gasteiger partial charge in [-0.05, 0) is 17.2 Å². The van der Waals surface area contributed by atoms with Crippen LogP contribution in [0.5, 0.6) is 0 Å². The van der Waals surface area contributed by atoms with Crippen molar-refractivity contribution in [1.82, 2.24) is 0 Å². The highest BCUT2D eigenvalue weighted by Gasteiger charge is 1.98. The van der Waals surface area contributed by atoms with E-state index in [4.69, 9.17) is 12.2 Å². The van der Waals surface area contributed by atoms with Crippen molar-refractivity contribution in [3.8, 4) is 0 Å². The number of hydrogen-bond donors (Lipinski definition) is 0. The summed E-state index contributed by atoms with van der Waals surface area (Å²) in [5.74, 6) is 0.602. The van der Waals surface area contributed by atoms with Crippen molar-refractivity contribution in [2.75, 3.05) is 0 Å². The van der Waals surface area contributed by atoms with Gasteiger partial charge in [0.05, 0.1) is 0 Å². The number of hydrogen-bond acceptors (Lipinski definition) is 1. The van der Waals surface area contributed by atoms with Crippen LogP contribution in [0.2, 0.25) is 0 Å². The fourth-order valence-corrected chi connectivity index (χ4v) is 0.739. The van der Waals surface area contributed by atoms with E-state index in [9.17, 15) is 0 Å². The Balaban J connectivity index is 3.33. The van der Waals surface area contributed by atoms with E-state index < -0.39 is 0 Å². The number of thiocarbonyl (C=S) groups is 1. The minimum atomic E-state index is 0.602. The summed E-state index contributed by atoms with van der Waals surface area (Å²) in [4.78, 5) is 1.22. The first-order valence-corrected chi connectivity index (χ1v) is 3.62. The van der Waals surface area contributed by atoms with Crippen LogP contribution < -0.4 is 0 Å². The average molecular weight is 130 g/mol. The molecule has 0 bridgehead atoms. The molecule has 0 atom stereocenters. The highest BCUT2D eigenvalue weighted by Crippen LogP contribution is 2.02. The third-order valence-electron chi connectivity index (χ3n) is 1.14. The van der Waals surface area contributed by atoms with E-state index >= 15 is 0 Å². The quantitative estimate of drug-likeness (QED) is 0.529. The van der Waals surface area contributed by atoms with Gasteiger partial charge >= 0.3 is 0 Å². The fourth-order valence-electron chi connectivity index (χ4n) is 0.535. The predicted octanol–water partition coefficient (Wildman–Crippen LogP) is 2.81. The monoisotopic (exact) mass is 130 g/mol. The average Bonchev–Trinajstić information content (AvgIpc) is 1.67. The zero-order valence-electron chi connectivity index (χ0n) is 5.90. The topological polar surface area (TPSA) is 0 Å². The van der Waals surface area contributed by atoms with Gasteiger partial charge in [0, 0.05) is 0 Å². The molecule has 0 aromatic carbocycles. The van der Waals surface area contributed by atoms with Gasteiger partial charge in [0.2, 0.25) is 0 Å². The zero-order valence-corrected chi connectivity index (χ0v) is 6.72. The van der Waals surface area contributed by atoms with Crippen molar-refractivity contribution in [2.45, 2.75) is 33.6 Å². The van der Waals surface area contributed by atoms with Gasteiger partial charge in [0.15, 0.2) is 0 Å². The van der Waals surface area contributed by atoms with Gasteiger partial charge in [-0.1, -0.05) is 39.4 Å². The number of rotatable bonds is 3. The molecule has 0 aliphatic carbocycles. The molecule has 0 amide bonds. The highest BCUT2D eigenvalue weighted by molar-refractivity contribution is 7.80. The van der Waals surface area contributed by atoms with Crippen LogP contribution in [0.1, 0.15) is 33.6 Å². The van der Waals surface area contributed by atoms with Crippen LogP contribution in [0, 0.1) is 5.92 Å². The lowest BCUT2D eigenvalue weighted by Crippen LogP contribution is -2.02. The molecule has 0 saturated heterocycles. The fraction of sp³-hybridized carbons (Fsp3) is 0.857. The standard InChI is InChI=1S/C7H14S/c1-4-5-7(8)6(2)3/h6H,4-5H2,1-3H3. The molecule has 0 nitrogen and oxygen atoms in total. The molecule has 0 aliphatic heterocycles. The zero-order chi connectivity index (χ0) is 6.57. The Bertz CT molecular complexity index is 74.5. The third kappa shape index (κ3) is 3.14. The van der Waals surface area contributed by atoms with Gasteiger partial charge in [-0.3, -0.25) is 0 Å². The summed E-state index contributed by atoms with van der Waals surface area (Å²) in [6, 6.07) is 0. The normalized spacial score (nSPS) is 10.0. The molecule has 48 valence electrons. The van der Waals surface area contributed by atoms with Crippen LogP contribution in [-0.2, 0) is 0 Å². The van der Waals surface area contributed by atoms with Crippen LogP contribution in [0.3, 0.4) is 0 Å². The van der Waals surface area contributed by atoms with Gasteiger partial charge in [-0.2, -0.15) is 0 Å². The van der Waals surface area contributed by atoms with Crippen molar-refractivity contribution >= 4 is 17.1 Å². The van der Waals surface area contributed by atoms with Crippen LogP contribution >= 0.6 is 12.2 Å². The lowest BCUT2D eigenvalue weighted by atomic mass is 10.1. The summed E-state index contributed by atoms with van der Waals surface area (Å²) in [5, 5.41) is 0. The van der Waals surface area contributed by atoms with Gasteiger partial charge in [0.1, 0.15) is 0 Å². The second-order valence-electron chi connectivity index (χ2n) is 2.37. The predicted molar refractivity (Wildman–Crippen MR) is 42.3 cm³/mol. The molecule has 0 radical (unpaired) electrons. The summed E-state index contributed by atoms with van der Waals surface area (Å²) < 4.78 is 0. The Hall–Kier alpha value is 0.0900. The van der Waals surface area contributed by atoms with E-state index in [1.807, 2.05) is 0 Å². The van der Waals surface area contributed by atoms with E-state index in [-0.39, 0.29) is 0 Å². The summed E-state index contributed by atoms with van der Waals surface area (Å²) in [6.07, 6.45) is 2.31. The first-order valence-electron chi connectivity index (χ1n) is 3.21. The molecule has 8 heavy (non-hydrogen) atoms. The summed E-state index contributed by atoms with van der Waals surface area (Å²) in [6.45, 7) is 6.46. The minimum absolute atomic E-state index is 0.602. The molecule has 0 rings (SSSR count). The molecule has 1 heteroatoms. The summed E-state index contributed by atoms with van der Waals surface area (Å²) >= 11 is 5.08. The summed E-state index contributed by atoms with van der Waals surface area (Å²) in [5.41, 5.74) is 0. The van der Waals surface area contributed by atoms with Crippen molar-refractivity contribution in [3.05, 3.63) is 0 Å².